The Bertz CT molecular complexity index is 1100. The molecule has 3 heterocycles. The predicted octanol–water partition coefficient (Wildman–Crippen LogP) is 3.78. The Kier molecular flexibility index (Phi) is 4.36. The number of hydrogen-bond donors (Lipinski definition) is 1. The second-order valence-corrected chi connectivity index (χ2v) is 8.81. The van der Waals surface area contributed by atoms with Crippen LogP contribution in [0.15, 0.2) is 30.3 Å². The van der Waals surface area contributed by atoms with E-state index in [-0.39, 0.29) is 17.6 Å². The van der Waals surface area contributed by atoms with Crippen molar-refractivity contribution in [1.82, 2.24) is 4.90 Å². The fourth-order valence-corrected chi connectivity index (χ4v) is 4.93. The van der Waals surface area contributed by atoms with Crippen molar-refractivity contribution in [3.63, 3.8) is 0 Å². The number of benzene rings is 2. The molecular weight excluding hydrogens is 404 g/mol. The van der Waals surface area contributed by atoms with Crippen LogP contribution in [0.2, 0.25) is 5.02 Å². The molecule has 0 bridgehead atoms. The summed E-state index contributed by atoms with van der Waals surface area (Å²) < 4.78 is 6.36. The molecule has 1 spiro atoms. The first-order valence-electron chi connectivity index (χ1n) is 10.1. The van der Waals surface area contributed by atoms with Crippen LogP contribution in [0.3, 0.4) is 0 Å². The Labute approximate surface area is 179 Å². The largest absolute Gasteiger partial charge is 0.486 e. The summed E-state index contributed by atoms with van der Waals surface area (Å²) in [4.78, 5) is 39.1. The molecule has 154 valence electrons. The molecule has 30 heavy (non-hydrogen) atoms. The molecule has 0 aromatic heterocycles. The van der Waals surface area contributed by atoms with Gasteiger partial charge in [-0.2, -0.15) is 0 Å². The maximum Gasteiger partial charge on any atom is 0.253 e. The summed E-state index contributed by atoms with van der Waals surface area (Å²) in [5, 5.41) is 3.31. The van der Waals surface area contributed by atoms with Gasteiger partial charge in [0.2, 0.25) is 5.91 Å². The summed E-state index contributed by atoms with van der Waals surface area (Å²) in [5.41, 5.74) is 3.03. The monoisotopic (exact) mass is 424 g/mol. The Morgan fingerprint density at radius 1 is 1.17 bits per heavy atom. The van der Waals surface area contributed by atoms with Crippen LogP contribution in [0.1, 0.15) is 51.1 Å². The van der Waals surface area contributed by atoms with Crippen LogP contribution in [0.5, 0.6) is 5.75 Å². The van der Waals surface area contributed by atoms with E-state index in [0.717, 1.165) is 16.8 Å². The van der Waals surface area contributed by atoms with Crippen molar-refractivity contribution in [3.05, 3.63) is 57.6 Å². The summed E-state index contributed by atoms with van der Waals surface area (Å²) in [7, 11) is 0. The number of anilines is 1. The third-order valence-electron chi connectivity index (χ3n) is 6.28. The van der Waals surface area contributed by atoms with E-state index in [1.54, 1.807) is 35.2 Å². The molecule has 5 rings (SSSR count). The van der Waals surface area contributed by atoms with Crippen molar-refractivity contribution in [3.8, 4) is 5.75 Å². The zero-order valence-electron chi connectivity index (χ0n) is 16.6. The van der Waals surface area contributed by atoms with Gasteiger partial charge in [0, 0.05) is 42.2 Å². The lowest BCUT2D eigenvalue weighted by molar-refractivity contribution is -0.115. The van der Waals surface area contributed by atoms with Crippen LogP contribution in [0.4, 0.5) is 5.69 Å². The molecule has 0 radical (unpaired) electrons. The van der Waals surface area contributed by atoms with E-state index >= 15 is 0 Å². The molecule has 7 heteroatoms. The van der Waals surface area contributed by atoms with Gasteiger partial charge >= 0.3 is 0 Å². The lowest BCUT2D eigenvalue weighted by Gasteiger charge is -2.44. The molecule has 2 aromatic carbocycles. The highest BCUT2D eigenvalue weighted by Gasteiger charge is 2.44. The molecule has 0 aliphatic carbocycles. The van der Waals surface area contributed by atoms with Crippen LogP contribution in [0, 0.1) is 6.92 Å². The normalized spacial score (nSPS) is 19.2. The van der Waals surface area contributed by atoms with Crippen LogP contribution >= 0.6 is 11.6 Å². The Morgan fingerprint density at radius 3 is 2.70 bits per heavy atom. The average molecular weight is 425 g/mol. The minimum absolute atomic E-state index is 0.0393. The minimum Gasteiger partial charge on any atom is -0.486 e. The average Bonchev–Trinajstić information content (AvgIpc) is 3.08. The smallest absolute Gasteiger partial charge is 0.253 e. The van der Waals surface area contributed by atoms with E-state index in [2.05, 4.69) is 5.32 Å². The van der Waals surface area contributed by atoms with Gasteiger partial charge in [0.1, 0.15) is 11.4 Å². The highest BCUT2D eigenvalue weighted by molar-refractivity contribution is 6.31. The number of ketones is 1. The van der Waals surface area contributed by atoms with Crippen LogP contribution in [-0.2, 0) is 11.2 Å². The van der Waals surface area contributed by atoms with Crippen molar-refractivity contribution in [2.24, 2.45) is 0 Å². The zero-order valence-corrected chi connectivity index (χ0v) is 17.3. The van der Waals surface area contributed by atoms with Crippen molar-refractivity contribution < 1.29 is 19.1 Å². The number of rotatable bonds is 1. The predicted molar refractivity (Wildman–Crippen MR) is 112 cm³/mol. The molecular formula is C23H21ClN2O4. The minimum atomic E-state index is -0.576. The number of carbonyl (C=O) groups excluding carboxylic acids is 3. The number of amides is 2. The lowest BCUT2D eigenvalue weighted by Crippen LogP contribution is -2.52. The number of ether oxygens (including phenoxy) is 1. The number of hydrogen-bond acceptors (Lipinski definition) is 4. The highest BCUT2D eigenvalue weighted by atomic mass is 35.5. The summed E-state index contributed by atoms with van der Waals surface area (Å²) in [6, 6.07) is 8.81. The SMILES string of the molecule is Cc1cc(Cl)cc2c1OC1(CCN(C(=O)c3ccc4c(c3)CC(=O)N4)CC1)CC2=O. The molecule has 0 saturated carbocycles. The Balaban J connectivity index is 1.32. The number of likely N-dealkylation sites (tertiary alicyclic amines) is 1. The number of carbonyl (C=O) groups is 3. The van der Waals surface area contributed by atoms with E-state index in [1.165, 1.54) is 0 Å². The molecule has 1 N–H and O–H groups in total. The van der Waals surface area contributed by atoms with Gasteiger partial charge in [-0.05, 0) is 48.4 Å². The molecule has 0 unspecified atom stereocenters. The van der Waals surface area contributed by atoms with Gasteiger partial charge in [0.05, 0.1) is 18.4 Å². The van der Waals surface area contributed by atoms with Gasteiger partial charge in [0.15, 0.2) is 5.78 Å². The van der Waals surface area contributed by atoms with Gasteiger partial charge in [-0.15, -0.1) is 0 Å². The zero-order chi connectivity index (χ0) is 21.0. The number of fused-ring (bicyclic) bond motifs is 2. The molecule has 2 amide bonds. The Morgan fingerprint density at radius 2 is 1.93 bits per heavy atom. The van der Waals surface area contributed by atoms with Gasteiger partial charge in [0.25, 0.3) is 5.91 Å². The number of aryl methyl sites for hydroxylation is 1. The van der Waals surface area contributed by atoms with Crippen LogP contribution in [0.25, 0.3) is 0 Å². The molecule has 3 aliphatic heterocycles. The van der Waals surface area contributed by atoms with Crippen molar-refractivity contribution in [2.45, 2.75) is 38.2 Å². The number of nitrogens with zero attached hydrogens (tertiary/aromatic N) is 1. The van der Waals surface area contributed by atoms with E-state index in [1.807, 2.05) is 6.92 Å². The van der Waals surface area contributed by atoms with E-state index in [4.69, 9.17) is 16.3 Å². The number of nitrogens with one attached hydrogen (secondary N) is 1. The summed E-state index contributed by atoms with van der Waals surface area (Å²) in [5.74, 6) is 0.548. The van der Waals surface area contributed by atoms with Crippen molar-refractivity contribution in [1.29, 1.82) is 0 Å². The van der Waals surface area contributed by atoms with Gasteiger partial charge < -0.3 is 15.0 Å². The van der Waals surface area contributed by atoms with Gasteiger partial charge in [-0.3, -0.25) is 14.4 Å². The van der Waals surface area contributed by atoms with Gasteiger partial charge in [-0.1, -0.05) is 11.6 Å². The molecule has 2 aromatic rings. The fraction of sp³-hybridized carbons (Fsp3) is 0.348. The molecule has 6 nitrogen and oxygen atoms in total. The fourth-order valence-electron chi connectivity index (χ4n) is 4.65. The first-order chi connectivity index (χ1) is 14.3. The van der Waals surface area contributed by atoms with Crippen molar-refractivity contribution >= 4 is 34.9 Å². The van der Waals surface area contributed by atoms with E-state index in [9.17, 15) is 14.4 Å². The first kappa shape index (κ1) is 19.1. The van der Waals surface area contributed by atoms with E-state index < -0.39 is 5.60 Å². The lowest BCUT2D eigenvalue weighted by atomic mass is 9.82. The third-order valence-corrected chi connectivity index (χ3v) is 6.50. The number of piperidine rings is 1. The summed E-state index contributed by atoms with van der Waals surface area (Å²) in [6.07, 6.45) is 1.79. The number of halogens is 1. The quantitative estimate of drug-likeness (QED) is 0.755. The van der Waals surface area contributed by atoms with Gasteiger partial charge in [-0.25, -0.2) is 0 Å². The standard InChI is InChI=1S/C23H21ClN2O4/c1-13-8-16(24)11-17-19(27)12-23(30-21(13)17)4-6-26(7-5-23)22(29)14-2-3-18-15(9-14)10-20(28)25-18/h2-3,8-9,11H,4-7,10,12H2,1H3,(H,25,28). The molecule has 1 fully saturated rings. The third kappa shape index (κ3) is 3.16. The molecule has 1 saturated heterocycles. The van der Waals surface area contributed by atoms with Crippen LogP contribution in [-0.4, -0.2) is 41.2 Å². The van der Waals surface area contributed by atoms with Crippen molar-refractivity contribution in [2.75, 3.05) is 18.4 Å². The molecule has 0 atom stereocenters. The maximum absolute atomic E-state index is 13.0. The first-order valence-corrected chi connectivity index (χ1v) is 10.5. The van der Waals surface area contributed by atoms with Crippen LogP contribution < -0.4 is 10.1 Å². The second-order valence-electron chi connectivity index (χ2n) is 8.37. The summed E-state index contributed by atoms with van der Waals surface area (Å²) >= 11 is 6.11. The topological polar surface area (TPSA) is 75.7 Å². The Hall–Kier alpha value is -2.86. The second kappa shape index (κ2) is 6.84. The van der Waals surface area contributed by atoms with E-state index in [0.29, 0.717) is 60.7 Å². The maximum atomic E-state index is 13.0. The summed E-state index contributed by atoms with van der Waals surface area (Å²) in [6.45, 7) is 2.92. The number of Topliss-reactive ketones (excluding diaryl/α,β-unsaturated/α-hetero) is 1. The molecule has 3 aliphatic rings. The highest BCUT2D eigenvalue weighted by Crippen LogP contribution is 2.42.